The largest absolute Gasteiger partial charge is 0.388 e. The smallest absolute Gasteiger partial charge is 0.226 e. The first kappa shape index (κ1) is 15.9. The van der Waals surface area contributed by atoms with Crippen molar-refractivity contribution >= 4 is 5.91 Å². The van der Waals surface area contributed by atoms with E-state index in [4.69, 9.17) is 4.74 Å². The van der Waals surface area contributed by atoms with E-state index in [1.165, 1.54) is 11.0 Å². The summed E-state index contributed by atoms with van der Waals surface area (Å²) >= 11 is 0. The molecular weight excluding hydrogens is 280 g/mol. The fraction of sp³-hybridized carbons (Fsp3) is 0.533. The highest BCUT2D eigenvalue weighted by atomic mass is 19.1. The first-order valence-corrected chi connectivity index (χ1v) is 6.88. The van der Waals surface area contributed by atoms with Crippen LogP contribution >= 0.6 is 0 Å². The molecule has 1 amide bonds. The van der Waals surface area contributed by atoms with Crippen molar-refractivity contribution in [2.75, 3.05) is 26.8 Å². The summed E-state index contributed by atoms with van der Waals surface area (Å²) < 4.78 is 31.5. The number of carbonyl (C=O) groups excluding carboxylic acids is 1. The summed E-state index contributed by atoms with van der Waals surface area (Å²) in [4.78, 5) is 13.5. The van der Waals surface area contributed by atoms with Gasteiger partial charge < -0.3 is 14.7 Å². The van der Waals surface area contributed by atoms with E-state index in [2.05, 4.69) is 0 Å². The zero-order chi connectivity index (χ0) is 15.5. The highest BCUT2D eigenvalue weighted by molar-refractivity contribution is 5.78. The molecule has 1 fully saturated rings. The highest BCUT2D eigenvalue weighted by Gasteiger charge is 2.32. The SMILES string of the molecule is CN(CC1(O)CCOCC1)C(=O)Cc1ccc(F)cc1F. The third kappa shape index (κ3) is 4.22. The van der Waals surface area contributed by atoms with Gasteiger partial charge in [-0.25, -0.2) is 8.78 Å². The first-order chi connectivity index (χ1) is 9.89. The number of likely N-dealkylation sites (N-methyl/N-ethyl adjacent to an activating group) is 1. The van der Waals surface area contributed by atoms with E-state index in [0.29, 0.717) is 26.1 Å². The summed E-state index contributed by atoms with van der Waals surface area (Å²) in [5.41, 5.74) is -0.809. The van der Waals surface area contributed by atoms with Crippen molar-refractivity contribution < 1.29 is 23.4 Å². The first-order valence-electron chi connectivity index (χ1n) is 6.88. The van der Waals surface area contributed by atoms with Crippen molar-refractivity contribution in [1.82, 2.24) is 4.90 Å². The van der Waals surface area contributed by atoms with Gasteiger partial charge in [0.05, 0.1) is 12.0 Å². The lowest BCUT2D eigenvalue weighted by Crippen LogP contribution is -2.47. The maximum Gasteiger partial charge on any atom is 0.226 e. The molecule has 1 saturated heterocycles. The molecule has 21 heavy (non-hydrogen) atoms. The average molecular weight is 299 g/mol. The lowest BCUT2D eigenvalue weighted by molar-refractivity contribution is -0.136. The van der Waals surface area contributed by atoms with Gasteiger partial charge in [-0.05, 0) is 11.6 Å². The van der Waals surface area contributed by atoms with Crippen LogP contribution in [0.3, 0.4) is 0 Å². The molecule has 0 bridgehead atoms. The fourth-order valence-corrected chi connectivity index (χ4v) is 2.40. The molecule has 0 radical (unpaired) electrons. The van der Waals surface area contributed by atoms with E-state index in [1.807, 2.05) is 0 Å². The molecule has 1 aliphatic rings. The molecule has 1 heterocycles. The summed E-state index contributed by atoms with van der Waals surface area (Å²) in [6.07, 6.45) is 0.778. The minimum Gasteiger partial charge on any atom is -0.388 e. The van der Waals surface area contributed by atoms with E-state index in [-0.39, 0.29) is 24.4 Å². The number of benzene rings is 1. The number of hydrogen-bond donors (Lipinski definition) is 1. The van der Waals surface area contributed by atoms with Crippen LogP contribution in [0.25, 0.3) is 0 Å². The summed E-state index contributed by atoms with van der Waals surface area (Å²) in [6, 6.07) is 3.14. The molecule has 1 aliphatic heterocycles. The van der Waals surface area contributed by atoms with Crippen LogP contribution in [0.5, 0.6) is 0 Å². The molecule has 1 aromatic carbocycles. The van der Waals surface area contributed by atoms with Gasteiger partial charge in [0.25, 0.3) is 0 Å². The summed E-state index contributed by atoms with van der Waals surface area (Å²) in [6.45, 7) is 1.11. The van der Waals surface area contributed by atoms with Gasteiger partial charge in [0.15, 0.2) is 0 Å². The fourth-order valence-electron chi connectivity index (χ4n) is 2.40. The van der Waals surface area contributed by atoms with Crippen LogP contribution < -0.4 is 0 Å². The van der Waals surface area contributed by atoms with Crippen LogP contribution in [0.4, 0.5) is 8.78 Å². The van der Waals surface area contributed by atoms with Crippen LogP contribution in [0.2, 0.25) is 0 Å². The molecule has 4 nitrogen and oxygen atoms in total. The summed E-state index contributed by atoms with van der Waals surface area (Å²) in [5.74, 6) is -1.73. The van der Waals surface area contributed by atoms with Crippen molar-refractivity contribution in [3.8, 4) is 0 Å². The highest BCUT2D eigenvalue weighted by Crippen LogP contribution is 2.21. The average Bonchev–Trinajstić information content (AvgIpc) is 2.42. The summed E-state index contributed by atoms with van der Waals surface area (Å²) in [5, 5.41) is 10.4. The van der Waals surface area contributed by atoms with Crippen LogP contribution in [-0.4, -0.2) is 48.3 Å². The Morgan fingerprint density at radius 2 is 2.05 bits per heavy atom. The third-order valence-electron chi connectivity index (χ3n) is 3.74. The van der Waals surface area contributed by atoms with Gasteiger partial charge in [-0.3, -0.25) is 4.79 Å². The van der Waals surface area contributed by atoms with Crippen molar-refractivity contribution in [2.24, 2.45) is 0 Å². The maximum atomic E-state index is 13.5. The van der Waals surface area contributed by atoms with Gasteiger partial charge in [-0.15, -0.1) is 0 Å². The van der Waals surface area contributed by atoms with Crippen LogP contribution in [0.15, 0.2) is 18.2 Å². The number of rotatable bonds is 4. The Morgan fingerprint density at radius 1 is 1.38 bits per heavy atom. The second kappa shape index (κ2) is 6.49. The zero-order valence-corrected chi connectivity index (χ0v) is 11.9. The van der Waals surface area contributed by atoms with Crippen LogP contribution in [0.1, 0.15) is 18.4 Å². The van der Waals surface area contributed by atoms with E-state index in [0.717, 1.165) is 12.1 Å². The van der Waals surface area contributed by atoms with Crippen LogP contribution in [-0.2, 0) is 16.0 Å². The number of halogens is 2. The van der Waals surface area contributed by atoms with Gasteiger partial charge in [0.2, 0.25) is 5.91 Å². The number of ether oxygens (including phenoxy) is 1. The van der Waals surface area contributed by atoms with E-state index < -0.39 is 17.2 Å². The number of aliphatic hydroxyl groups is 1. The molecule has 2 rings (SSSR count). The molecule has 0 unspecified atom stereocenters. The van der Waals surface area contributed by atoms with Crippen molar-refractivity contribution in [1.29, 1.82) is 0 Å². The van der Waals surface area contributed by atoms with Crippen LogP contribution in [0, 0.1) is 11.6 Å². The lowest BCUT2D eigenvalue weighted by atomic mass is 9.94. The van der Waals surface area contributed by atoms with Crippen molar-refractivity contribution in [3.63, 3.8) is 0 Å². The number of nitrogens with zero attached hydrogens (tertiary/aromatic N) is 1. The van der Waals surface area contributed by atoms with Gasteiger partial charge >= 0.3 is 0 Å². The number of carbonyl (C=O) groups is 1. The maximum absolute atomic E-state index is 13.5. The monoisotopic (exact) mass is 299 g/mol. The summed E-state index contributed by atoms with van der Waals surface area (Å²) in [7, 11) is 1.57. The number of amides is 1. The van der Waals surface area contributed by atoms with E-state index in [1.54, 1.807) is 7.05 Å². The van der Waals surface area contributed by atoms with Crippen molar-refractivity contribution in [2.45, 2.75) is 24.9 Å². The second-order valence-electron chi connectivity index (χ2n) is 5.50. The normalized spacial score (nSPS) is 17.5. The standard InChI is InChI=1S/C15H19F2NO3/c1-18(10-15(20)4-6-21-7-5-15)14(19)8-11-2-3-12(16)9-13(11)17/h2-3,9,20H,4-8,10H2,1H3. The Morgan fingerprint density at radius 3 is 2.67 bits per heavy atom. The molecule has 116 valence electrons. The second-order valence-corrected chi connectivity index (χ2v) is 5.50. The molecule has 0 spiro atoms. The van der Waals surface area contributed by atoms with Gasteiger partial charge in [-0.2, -0.15) is 0 Å². The predicted molar refractivity (Wildman–Crippen MR) is 72.7 cm³/mol. The molecule has 1 N–H and O–H groups in total. The minimum absolute atomic E-state index is 0.146. The Kier molecular flexibility index (Phi) is 4.90. The Balaban J connectivity index is 1.96. The molecule has 0 atom stereocenters. The predicted octanol–water partition coefficient (Wildman–Crippen LogP) is 1.51. The number of hydrogen-bond acceptors (Lipinski definition) is 3. The molecule has 0 aromatic heterocycles. The quantitative estimate of drug-likeness (QED) is 0.917. The topological polar surface area (TPSA) is 49.8 Å². The molecular formula is C15H19F2NO3. The van der Waals surface area contributed by atoms with Crippen molar-refractivity contribution in [3.05, 3.63) is 35.4 Å². The van der Waals surface area contributed by atoms with E-state index in [9.17, 15) is 18.7 Å². The zero-order valence-electron chi connectivity index (χ0n) is 11.9. The van der Waals surface area contributed by atoms with Gasteiger partial charge in [-0.1, -0.05) is 6.07 Å². The Labute approximate surface area is 122 Å². The third-order valence-corrected chi connectivity index (χ3v) is 3.74. The Bertz CT molecular complexity index is 516. The molecule has 6 heteroatoms. The molecule has 1 aromatic rings. The Hall–Kier alpha value is -1.53. The molecule has 0 saturated carbocycles. The lowest BCUT2D eigenvalue weighted by Gasteiger charge is -2.35. The molecule has 0 aliphatic carbocycles. The van der Waals surface area contributed by atoms with Gasteiger partial charge in [0, 0.05) is 45.7 Å². The van der Waals surface area contributed by atoms with Gasteiger partial charge in [0.1, 0.15) is 11.6 Å². The van der Waals surface area contributed by atoms with E-state index >= 15 is 0 Å². The minimum atomic E-state index is -0.954.